The highest BCUT2D eigenvalue weighted by Gasteiger charge is 2.15. The monoisotopic (exact) mass is 414 g/mol. The van der Waals surface area contributed by atoms with E-state index in [9.17, 15) is 0 Å². The van der Waals surface area contributed by atoms with E-state index in [0.717, 1.165) is 34.7 Å². The van der Waals surface area contributed by atoms with Crippen molar-refractivity contribution in [1.82, 2.24) is 20.5 Å². The van der Waals surface area contributed by atoms with Crippen molar-refractivity contribution in [2.45, 2.75) is 19.0 Å². The fourth-order valence-electron chi connectivity index (χ4n) is 3.58. The number of ether oxygens (including phenoxy) is 2. The van der Waals surface area contributed by atoms with Gasteiger partial charge in [0.2, 0.25) is 0 Å². The topological polar surface area (TPSA) is 72.1 Å². The van der Waals surface area contributed by atoms with Crippen molar-refractivity contribution in [1.29, 1.82) is 0 Å². The molecule has 0 radical (unpaired) electrons. The summed E-state index contributed by atoms with van der Waals surface area (Å²) in [5, 5.41) is 11.1. The lowest BCUT2D eigenvalue weighted by atomic mass is 9.98. The average molecular weight is 415 g/mol. The Labute approximate surface area is 182 Å². The Bertz CT molecular complexity index is 1080. The van der Waals surface area contributed by atoms with E-state index in [1.807, 2.05) is 48.8 Å². The number of benzene rings is 2. The number of rotatable bonds is 9. The number of methoxy groups -OCH3 is 2. The van der Waals surface area contributed by atoms with Gasteiger partial charge in [-0.25, -0.2) is 0 Å². The first-order valence-corrected chi connectivity index (χ1v) is 10.2. The molecule has 0 fully saturated rings. The highest BCUT2D eigenvalue weighted by Crippen LogP contribution is 2.25. The van der Waals surface area contributed by atoms with E-state index in [4.69, 9.17) is 9.47 Å². The Hall–Kier alpha value is -3.64. The molecule has 0 saturated heterocycles. The number of nitrogens with one attached hydrogen (secondary N) is 2. The van der Waals surface area contributed by atoms with Crippen LogP contribution < -0.4 is 14.8 Å². The SMILES string of the molecule is COc1ccc(CC(NCc2cn[nH]c2-c2cccnc2)c2ccc(OC)cc2)cc1. The molecule has 31 heavy (non-hydrogen) atoms. The summed E-state index contributed by atoms with van der Waals surface area (Å²) in [6.45, 7) is 0.674. The third-order valence-corrected chi connectivity index (χ3v) is 5.32. The van der Waals surface area contributed by atoms with Crippen molar-refractivity contribution < 1.29 is 9.47 Å². The maximum atomic E-state index is 5.32. The van der Waals surface area contributed by atoms with Crippen LogP contribution in [0.5, 0.6) is 11.5 Å². The highest BCUT2D eigenvalue weighted by atomic mass is 16.5. The molecule has 0 aliphatic heterocycles. The minimum absolute atomic E-state index is 0.121. The second-order valence-corrected chi connectivity index (χ2v) is 7.27. The zero-order valence-electron chi connectivity index (χ0n) is 17.7. The highest BCUT2D eigenvalue weighted by molar-refractivity contribution is 5.61. The molecule has 1 unspecified atom stereocenters. The van der Waals surface area contributed by atoms with Gasteiger partial charge in [0.15, 0.2) is 0 Å². The summed E-state index contributed by atoms with van der Waals surface area (Å²) in [6.07, 6.45) is 6.33. The molecule has 0 amide bonds. The van der Waals surface area contributed by atoms with Gasteiger partial charge in [0.1, 0.15) is 11.5 Å². The minimum atomic E-state index is 0.121. The van der Waals surface area contributed by atoms with Crippen LogP contribution in [0.15, 0.2) is 79.3 Å². The van der Waals surface area contributed by atoms with Crippen LogP contribution >= 0.6 is 0 Å². The molecule has 6 nitrogen and oxygen atoms in total. The predicted molar refractivity (Wildman–Crippen MR) is 121 cm³/mol. The number of hydrogen-bond donors (Lipinski definition) is 2. The first kappa shape index (κ1) is 20.6. The molecule has 158 valence electrons. The predicted octanol–water partition coefficient (Wildman–Crippen LogP) is 4.56. The Morgan fingerprint density at radius 3 is 2.26 bits per heavy atom. The first-order chi connectivity index (χ1) is 15.3. The summed E-state index contributed by atoms with van der Waals surface area (Å²) in [6, 6.07) is 20.5. The number of aromatic nitrogens is 3. The summed E-state index contributed by atoms with van der Waals surface area (Å²) >= 11 is 0. The first-order valence-electron chi connectivity index (χ1n) is 10.2. The fraction of sp³-hybridized carbons (Fsp3) is 0.200. The average Bonchev–Trinajstić information content (AvgIpc) is 3.31. The second kappa shape index (κ2) is 9.91. The van der Waals surface area contributed by atoms with Gasteiger partial charge in [-0.1, -0.05) is 24.3 Å². The van der Waals surface area contributed by atoms with Gasteiger partial charge in [0.05, 0.1) is 26.1 Å². The van der Waals surface area contributed by atoms with E-state index in [1.165, 1.54) is 11.1 Å². The summed E-state index contributed by atoms with van der Waals surface area (Å²) in [5.41, 5.74) is 5.53. The maximum absolute atomic E-state index is 5.32. The van der Waals surface area contributed by atoms with Crippen LogP contribution in [0.4, 0.5) is 0 Å². The van der Waals surface area contributed by atoms with Gasteiger partial charge < -0.3 is 14.8 Å². The summed E-state index contributed by atoms with van der Waals surface area (Å²) < 4.78 is 10.6. The van der Waals surface area contributed by atoms with Crippen LogP contribution in [0.3, 0.4) is 0 Å². The van der Waals surface area contributed by atoms with Crippen molar-refractivity contribution in [3.63, 3.8) is 0 Å². The smallest absolute Gasteiger partial charge is 0.118 e. The Balaban J connectivity index is 1.55. The molecule has 0 saturated carbocycles. The molecule has 0 bridgehead atoms. The number of nitrogens with zero attached hydrogens (tertiary/aromatic N) is 2. The van der Waals surface area contributed by atoms with Crippen molar-refractivity contribution in [3.8, 4) is 22.8 Å². The van der Waals surface area contributed by atoms with Crippen LogP contribution in [-0.2, 0) is 13.0 Å². The lowest BCUT2D eigenvalue weighted by Gasteiger charge is -2.20. The Morgan fingerprint density at radius 2 is 1.61 bits per heavy atom. The molecule has 2 aromatic heterocycles. The lowest BCUT2D eigenvalue weighted by molar-refractivity contribution is 0.414. The fourth-order valence-corrected chi connectivity index (χ4v) is 3.58. The number of H-pyrrole nitrogens is 1. The van der Waals surface area contributed by atoms with Gasteiger partial charge in [-0.05, 0) is 53.9 Å². The second-order valence-electron chi connectivity index (χ2n) is 7.27. The van der Waals surface area contributed by atoms with E-state index in [0.29, 0.717) is 6.54 Å². The Kier molecular flexibility index (Phi) is 6.59. The molecule has 4 aromatic rings. The molecule has 0 aliphatic rings. The van der Waals surface area contributed by atoms with Crippen LogP contribution in [0.1, 0.15) is 22.7 Å². The van der Waals surface area contributed by atoms with E-state index in [1.54, 1.807) is 20.4 Å². The summed E-state index contributed by atoms with van der Waals surface area (Å²) in [7, 11) is 3.36. The van der Waals surface area contributed by atoms with Gasteiger partial charge >= 0.3 is 0 Å². The zero-order chi connectivity index (χ0) is 21.5. The molecule has 6 heteroatoms. The van der Waals surface area contributed by atoms with Crippen LogP contribution in [0.25, 0.3) is 11.3 Å². The van der Waals surface area contributed by atoms with Gasteiger partial charge in [-0.15, -0.1) is 0 Å². The minimum Gasteiger partial charge on any atom is -0.497 e. The molecule has 0 aliphatic carbocycles. The van der Waals surface area contributed by atoms with Crippen molar-refractivity contribution in [3.05, 3.63) is 95.9 Å². The third kappa shape index (κ3) is 5.10. The molecule has 2 N–H and O–H groups in total. The molecular formula is C25H26N4O2. The molecular weight excluding hydrogens is 388 g/mol. The number of aromatic amines is 1. The lowest BCUT2D eigenvalue weighted by Crippen LogP contribution is -2.23. The van der Waals surface area contributed by atoms with E-state index in [2.05, 4.69) is 44.8 Å². The van der Waals surface area contributed by atoms with E-state index < -0.39 is 0 Å². The molecule has 1 atom stereocenters. The summed E-state index contributed by atoms with van der Waals surface area (Å²) in [5.74, 6) is 1.71. The standard InChI is InChI=1S/C25H26N4O2/c1-30-22-9-5-18(6-10-22)14-24(19-7-11-23(31-2)12-8-19)27-16-21-17-28-29-25(21)20-4-3-13-26-15-20/h3-13,15,17,24,27H,14,16H2,1-2H3,(H,28,29). The number of hydrogen-bond acceptors (Lipinski definition) is 5. The quantitative estimate of drug-likeness (QED) is 0.420. The maximum Gasteiger partial charge on any atom is 0.118 e. The van der Waals surface area contributed by atoms with Crippen LogP contribution in [0, 0.1) is 0 Å². The third-order valence-electron chi connectivity index (χ3n) is 5.32. The molecule has 2 heterocycles. The Morgan fingerprint density at radius 1 is 0.903 bits per heavy atom. The van der Waals surface area contributed by atoms with Gasteiger partial charge in [-0.3, -0.25) is 10.1 Å². The molecule has 0 spiro atoms. The van der Waals surface area contributed by atoms with Gasteiger partial charge in [-0.2, -0.15) is 5.10 Å². The van der Waals surface area contributed by atoms with E-state index >= 15 is 0 Å². The van der Waals surface area contributed by atoms with Crippen molar-refractivity contribution >= 4 is 0 Å². The van der Waals surface area contributed by atoms with Crippen LogP contribution in [0.2, 0.25) is 0 Å². The zero-order valence-corrected chi connectivity index (χ0v) is 17.7. The van der Waals surface area contributed by atoms with Gasteiger partial charge in [0, 0.05) is 36.1 Å². The van der Waals surface area contributed by atoms with Crippen molar-refractivity contribution in [2.75, 3.05) is 14.2 Å². The van der Waals surface area contributed by atoms with Gasteiger partial charge in [0.25, 0.3) is 0 Å². The molecule has 4 rings (SSSR count). The van der Waals surface area contributed by atoms with E-state index in [-0.39, 0.29) is 6.04 Å². The molecule has 2 aromatic carbocycles. The van der Waals surface area contributed by atoms with Crippen LogP contribution in [-0.4, -0.2) is 29.4 Å². The number of pyridine rings is 1. The van der Waals surface area contributed by atoms with Crippen molar-refractivity contribution in [2.24, 2.45) is 0 Å². The largest absolute Gasteiger partial charge is 0.497 e. The summed E-state index contributed by atoms with van der Waals surface area (Å²) in [4.78, 5) is 4.22. The normalized spacial score (nSPS) is 11.8.